The Kier molecular flexibility index (Phi) is 3.09. The third-order valence-electron chi connectivity index (χ3n) is 2.43. The summed E-state index contributed by atoms with van der Waals surface area (Å²) in [4.78, 5) is 11.7. The van der Waals surface area contributed by atoms with Crippen molar-refractivity contribution in [3.05, 3.63) is 52.4 Å². The van der Waals surface area contributed by atoms with E-state index in [0.29, 0.717) is 12.2 Å². The first-order chi connectivity index (χ1) is 8.19. The van der Waals surface area contributed by atoms with Gasteiger partial charge in [0.2, 0.25) is 0 Å². The monoisotopic (exact) mass is 231 g/mol. The molecule has 0 saturated heterocycles. The summed E-state index contributed by atoms with van der Waals surface area (Å²) in [5.41, 5.74) is 1.44. The summed E-state index contributed by atoms with van der Waals surface area (Å²) in [7, 11) is 1.74. The van der Waals surface area contributed by atoms with Crippen molar-refractivity contribution >= 4 is 5.69 Å². The van der Waals surface area contributed by atoms with Crippen molar-refractivity contribution in [2.45, 2.75) is 6.54 Å². The number of hydrogen-bond acceptors (Lipinski definition) is 4. The molecular formula is C12H13N3O2. The molecule has 0 aliphatic heterocycles. The maximum Gasteiger partial charge on any atom is 0.269 e. The fourth-order valence-electron chi connectivity index (χ4n) is 1.46. The molecule has 17 heavy (non-hydrogen) atoms. The normalized spacial score (nSPS) is 10.2. The zero-order valence-electron chi connectivity index (χ0n) is 9.42. The van der Waals surface area contributed by atoms with Crippen molar-refractivity contribution in [3.8, 4) is 5.75 Å². The molecule has 2 N–H and O–H groups in total. The number of rotatable bonds is 3. The predicted octanol–water partition coefficient (Wildman–Crippen LogP) is 1.04. The number of phenols is 1. The van der Waals surface area contributed by atoms with Gasteiger partial charge in [0.1, 0.15) is 5.75 Å². The molecule has 5 heteroatoms. The lowest BCUT2D eigenvalue weighted by molar-refractivity contribution is 0.475. The number of anilines is 1. The standard InChI is InChI=1S/C12H13N3O2/c1-13-10-6-12(17)15(14-7-10)8-9-2-4-11(16)5-3-9/h2-7,13,16H,8H2,1H3. The number of nitrogens with one attached hydrogen (secondary N) is 1. The Hall–Kier alpha value is -2.30. The molecule has 2 aromatic rings. The van der Waals surface area contributed by atoms with Crippen LogP contribution < -0.4 is 10.9 Å². The number of aromatic nitrogens is 2. The van der Waals surface area contributed by atoms with Crippen molar-refractivity contribution < 1.29 is 5.11 Å². The van der Waals surface area contributed by atoms with Crippen LogP contribution in [-0.4, -0.2) is 21.9 Å². The highest BCUT2D eigenvalue weighted by molar-refractivity contribution is 5.37. The van der Waals surface area contributed by atoms with E-state index in [1.807, 2.05) is 0 Å². The second-order valence-corrected chi connectivity index (χ2v) is 3.66. The summed E-state index contributed by atoms with van der Waals surface area (Å²) in [6.45, 7) is 0.392. The summed E-state index contributed by atoms with van der Waals surface area (Å²) in [6.07, 6.45) is 1.60. The van der Waals surface area contributed by atoms with Crippen LogP contribution >= 0.6 is 0 Å². The van der Waals surface area contributed by atoms with Gasteiger partial charge < -0.3 is 10.4 Å². The van der Waals surface area contributed by atoms with Gasteiger partial charge in [0.15, 0.2) is 0 Å². The van der Waals surface area contributed by atoms with E-state index in [1.54, 1.807) is 37.5 Å². The van der Waals surface area contributed by atoms with Gasteiger partial charge in [-0.1, -0.05) is 12.1 Å². The number of aromatic hydroxyl groups is 1. The van der Waals surface area contributed by atoms with Gasteiger partial charge in [-0.25, -0.2) is 4.68 Å². The maximum absolute atomic E-state index is 11.7. The Morgan fingerprint density at radius 3 is 2.65 bits per heavy atom. The lowest BCUT2D eigenvalue weighted by Gasteiger charge is -2.05. The molecule has 0 spiro atoms. The van der Waals surface area contributed by atoms with Crippen molar-refractivity contribution in [3.63, 3.8) is 0 Å². The van der Waals surface area contributed by atoms with Crippen LogP contribution in [0.3, 0.4) is 0 Å². The Balaban J connectivity index is 2.24. The predicted molar refractivity (Wildman–Crippen MR) is 65.3 cm³/mol. The zero-order valence-corrected chi connectivity index (χ0v) is 9.42. The first-order valence-electron chi connectivity index (χ1n) is 5.22. The molecule has 5 nitrogen and oxygen atoms in total. The van der Waals surface area contributed by atoms with E-state index in [0.717, 1.165) is 5.56 Å². The van der Waals surface area contributed by atoms with E-state index >= 15 is 0 Å². The van der Waals surface area contributed by atoms with Crippen LogP contribution in [0.15, 0.2) is 41.3 Å². The lowest BCUT2D eigenvalue weighted by Crippen LogP contribution is -2.22. The minimum Gasteiger partial charge on any atom is -0.508 e. The minimum absolute atomic E-state index is 0.162. The molecule has 0 radical (unpaired) electrons. The largest absolute Gasteiger partial charge is 0.508 e. The molecule has 0 bridgehead atoms. The van der Waals surface area contributed by atoms with Crippen LogP contribution in [0, 0.1) is 0 Å². The van der Waals surface area contributed by atoms with Gasteiger partial charge >= 0.3 is 0 Å². The van der Waals surface area contributed by atoms with E-state index in [2.05, 4.69) is 10.4 Å². The third-order valence-corrected chi connectivity index (χ3v) is 2.43. The molecular weight excluding hydrogens is 218 g/mol. The summed E-state index contributed by atoms with van der Waals surface area (Å²) in [6, 6.07) is 8.18. The molecule has 0 fully saturated rings. The first-order valence-corrected chi connectivity index (χ1v) is 5.22. The molecule has 1 aromatic heterocycles. The van der Waals surface area contributed by atoms with Crippen LogP contribution in [0.25, 0.3) is 0 Å². The molecule has 0 atom stereocenters. The van der Waals surface area contributed by atoms with Gasteiger partial charge in [-0.15, -0.1) is 0 Å². The average molecular weight is 231 g/mol. The van der Waals surface area contributed by atoms with E-state index in [4.69, 9.17) is 5.11 Å². The molecule has 0 aliphatic rings. The van der Waals surface area contributed by atoms with Crippen LogP contribution in [0.1, 0.15) is 5.56 Å². The molecule has 0 unspecified atom stereocenters. The van der Waals surface area contributed by atoms with Crippen molar-refractivity contribution in [1.29, 1.82) is 0 Å². The van der Waals surface area contributed by atoms with Crippen LogP contribution in [-0.2, 0) is 6.54 Å². The number of phenolic OH excluding ortho intramolecular Hbond substituents is 1. The third kappa shape index (κ3) is 2.63. The van der Waals surface area contributed by atoms with Gasteiger partial charge in [0, 0.05) is 13.1 Å². The highest BCUT2D eigenvalue weighted by atomic mass is 16.3. The van der Waals surface area contributed by atoms with Crippen LogP contribution in [0.2, 0.25) is 0 Å². The number of benzene rings is 1. The Bertz CT molecular complexity index is 561. The Labute approximate surface area is 98.3 Å². The average Bonchev–Trinajstić information content (AvgIpc) is 2.34. The fraction of sp³-hybridized carbons (Fsp3) is 0.167. The quantitative estimate of drug-likeness (QED) is 0.828. The number of nitrogens with zero attached hydrogens (tertiary/aromatic N) is 2. The van der Waals surface area contributed by atoms with Gasteiger partial charge in [-0.05, 0) is 17.7 Å². The number of hydrogen-bond donors (Lipinski definition) is 2. The Morgan fingerprint density at radius 1 is 1.35 bits per heavy atom. The summed E-state index contributed by atoms with van der Waals surface area (Å²) in [5, 5.41) is 16.1. The van der Waals surface area contributed by atoms with Gasteiger partial charge in [0.25, 0.3) is 5.56 Å². The molecule has 1 aromatic carbocycles. The van der Waals surface area contributed by atoms with Crippen molar-refractivity contribution in [2.24, 2.45) is 0 Å². The molecule has 0 amide bonds. The fourth-order valence-corrected chi connectivity index (χ4v) is 1.46. The van der Waals surface area contributed by atoms with Gasteiger partial charge in [-0.2, -0.15) is 5.10 Å². The van der Waals surface area contributed by atoms with E-state index in [-0.39, 0.29) is 11.3 Å². The molecule has 2 rings (SSSR count). The molecule has 0 aliphatic carbocycles. The zero-order chi connectivity index (χ0) is 12.3. The van der Waals surface area contributed by atoms with E-state index < -0.39 is 0 Å². The second kappa shape index (κ2) is 4.69. The van der Waals surface area contributed by atoms with E-state index in [1.165, 1.54) is 10.7 Å². The van der Waals surface area contributed by atoms with Gasteiger partial charge in [0.05, 0.1) is 18.4 Å². The summed E-state index contributed by atoms with van der Waals surface area (Å²) in [5.74, 6) is 0.208. The second-order valence-electron chi connectivity index (χ2n) is 3.66. The van der Waals surface area contributed by atoms with E-state index in [9.17, 15) is 4.79 Å². The Morgan fingerprint density at radius 2 is 2.06 bits per heavy atom. The van der Waals surface area contributed by atoms with Crippen LogP contribution in [0.5, 0.6) is 5.75 Å². The highest BCUT2D eigenvalue weighted by Crippen LogP contribution is 2.10. The molecule has 1 heterocycles. The lowest BCUT2D eigenvalue weighted by atomic mass is 10.2. The maximum atomic E-state index is 11.7. The molecule has 88 valence electrons. The smallest absolute Gasteiger partial charge is 0.269 e. The minimum atomic E-state index is -0.162. The van der Waals surface area contributed by atoms with Crippen LogP contribution in [0.4, 0.5) is 5.69 Å². The molecule has 0 saturated carbocycles. The SMILES string of the molecule is CNc1cnn(Cc2ccc(O)cc2)c(=O)c1. The first kappa shape index (κ1) is 11.2. The highest BCUT2D eigenvalue weighted by Gasteiger charge is 2.00. The van der Waals surface area contributed by atoms with Crippen molar-refractivity contribution in [1.82, 2.24) is 9.78 Å². The van der Waals surface area contributed by atoms with Gasteiger partial charge in [-0.3, -0.25) is 4.79 Å². The topological polar surface area (TPSA) is 67.2 Å². The summed E-state index contributed by atoms with van der Waals surface area (Å²) < 4.78 is 1.37. The van der Waals surface area contributed by atoms with Crippen molar-refractivity contribution in [2.75, 3.05) is 12.4 Å². The summed E-state index contributed by atoms with van der Waals surface area (Å²) >= 11 is 0.